The monoisotopic (exact) mass is 481 g/mol. The van der Waals surface area contributed by atoms with Gasteiger partial charge in [-0.15, -0.1) is 10.2 Å². The van der Waals surface area contributed by atoms with Gasteiger partial charge in [0.25, 0.3) is 0 Å². The van der Waals surface area contributed by atoms with Crippen LogP contribution in [0.4, 0.5) is 0 Å². The van der Waals surface area contributed by atoms with Crippen molar-refractivity contribution in [2.45, 2.75) is 83.5 Å². The Kier molecular flexibility index (Phi) is 6.53. The Labute approximate surface area is 208 Å². The van der Waals surface area contributed by atoms with Crippen molar-refractivity contribution in [1.29, 1.82) is 0 Å². The SMILES string of the molecule is C[C@@H](c1nnc(SCC(=O)N[C@H]2C[C@H]3CC[C@@]2(C)C3(C)C)n1-c1ccccc1)N1CCCCC1. The van der Waals surface area contributed by atoms with Gasteiger partial charge in [-0.2, -0.15) is 0 Å². The van der Waals surface area contributed by atoms with Crippen LogP contribution in [-0.2, 0) is 4.79 Å². The first-order valence-electron chi connectivity index (χ1n) is 13.0. The van der Waals surface area contributed by atoms with Gasteiger partial charge in [0.2, 0.25) is 5.91 Å². The molecule has 2 aromatic rings. The molecule has 184 valence electrons. The highest BCUT2D eigenvalue weighted by atomic mass is 32.2. The standard InChI is InChI=1S/C27H39N5OS/c1-19(31-15-9-6-10-16-31)24-29-30-25(32(24)21-11-7-5-8-12-21)34-18-23(33)28-22-17-20-13-14-27(22,4)26(20,2)3/h5,7-8,11-12,19-20,22H,6,9-10,13-18H2,1-4H3,(H,28,33)/t19-,20+,22-,27+/m0/s1. The van der Waals surface area contributed by atoms with Crippen LogP contribution < -0.4 is 5.32 Å². The molecule has 2 aliphatic carbocycles. The molecule has 7 heteroatoms. The van der Waals surface area contributed by atoms with Crippen LogP contribution in [0.15, 0.2) is 35.5 Å². The van der Waals surface area contributed by atoms with Crippen molar-refractivity contribution in [2.24, 2.45) is 16.7 Å². The van der Waals surface area contributed by atoms with Crippen molar-refractivity contribution >= 4 is 17.7 Å². The lowest BCUT2D eigenvalue weighted by Gasteiger charge is -2.39. The van der Waals surface area contributed by atoms with E-state index in [9.17, 15) is 4.79 Å². The van der Waals surface area contributed by atoms with Gasteiger partial charge in [-0.3, -0.25) is 14.3 Å². The van der Waals surface area contributed by atoms with E-state index in [0.29, 0.717) is 11.2 Å². The first kappa shape index (κ1) is 23.9. The lowest BCUT2D eigenvalue weighted by Crippen LogP contribution is -2.47. The minimum absolute atomic E-state index is 0.104. The van der Waals surface area contributed by atoms with E-state index in [1.54, 1.807) is 0 Å². The molecule has 6 nitrogen and oxygen atoms in total. The number of thioether (sulfide) groups is 1. The molecular weight excluding hydrogens is 442 g/mol. The van der Waals surface area contributed by atoms with Crippen LogP contribution in [0.1, 0.15) is 78.1 Å². The Balaban J connectivity index is 1.31. The molecule has 34 heavy (non-hydrogen) atoms. The number of nitrogens with zero attached hydrogens (tertiary/aromatic N) is 4. The van der Waals surface area contributed by atoms with Gasteiger partial charge in [-0.05, 0) is 81.0 Å². The molecule has 1 aliphatic heterocycles. The minimum Gasteiger partial charge on any atom is -0.352 e. The zero-order valence-electron chi connectivity index (χ0n) is 21.1. The molecule has 1 aromatic carbocycles. The van der Waals surface area contributed by atoms with Crippen molar-refractivity contribution in [2.75, 3.05) is 18.8 Å². The number of carbonyl (C=O) groups excluding carboxylic acids is 1. The second-order valence-electron chi connectivity index (χ2n) is 11.3. The zero-order chi connectivity index (χ0) is 23.9. The molecule has 1 aromatic heterocycles. The quantitative estimate of drug-likeness (QED) is 0.548. The summed E-state index contributed by atoms with van der Waals surface area (Å²) in [6.45, 7) is 11.6. The summed E-state index contributed by atoms with van der Waals surface area (Å²) < 4.78 is 2.15. The molecule has 0 radical (unpaired) electrons. The van der Waals surface area contributed by atoms with Crippen molar-refractivity contribution in [3.63, 3.8) is 0 Å². The van der Waals surface area contributed by atoms with Gasteiger partial charge in [0, 0.05) is 11.7 Å². The molecule has 3 fully saturated rings. The summed E-state index contributed by atoms with van der Waals surface area (Å²) in [6, 6.07) is 10.8. The van der Waals surface area contributed by atoms with Gasteiger partial charge in [-0.25, -0.2) is 0 Å². The average molecular weight is 482 g/mol. The number of aromatic nitrogens is 3. The van der Waals surface area contributed by atoms with Crippen molar-refractivity contribution in [3.8, 4) is 5.69 Å². The van der Waals surface area contributed by atoms with Crippen molar-refractivity contribution < 1.29 is 4.79 Å². The third-order valence-electron chi connectivity index (χ3n) is 9.45. The van der Waals surface area contributed by atoms with Crippen LogP contribution in [0.25, 0.3) is 5.69 Å². The number of nitrogens with one attached hydrogen (secondary N) is 1. The van der Waals surface area contributed by atoms with Crippen LogP contribution in [0, 0.1) is 16.7 Å². The summed E-state index contributed by atoms with van der Waals surface area (Å²) in [6.07, 6.45) is 7.40. The van der Waals surface area contributed by atoms with E-state index in [2.05, 4.69) is 64.8 Å². The fraction of sp³-hybridized carbons (Fsp3) is 0.667. The largest absolute Gasteiger partial charge is 0.352 e. The van der Waals surface area contributed by atoms with Crippen molar-refractivity contribution in [1.82, 2.24) is 25.0 Å². The molecule has 0 unspecified atom stereocenters. The average Bonchev–Trinajstić information content (AvgIpc) is 3.43. The molecule has 1 amide bonds. The van der Waals surface area contributed by atoms with Gasteiger partial charge in [0.1, 0.15) is 0 Å². The van der Waals surface area contributed by atoms with Gasteiger partial charge >= 0.3 is 0 Å². The number of fused-ring (bicyclic) bond motifs is 2. The minimum atomic E-state index is 0.104. The fourth-order valence-electron chi connectivity index (χ4n) is 6.72. The maximum atomic E-state index is 13.0. The molecule has 2 saturated carbocycles. The summed E-state index contributed by atoms with van der Waals surface area (Å²) in [4.78, 5) is 15.5. The zero-order valence-corrected chi connectivity index (χ0v) is 21.9. The summed E-state index contributed by atoms with van der Waals surface area (Å²) >= 11 is 1.50. The lowest BCUT2D eigenvalue weighted by atomic mass is 9.69. The lowest BCUT2D eigenvalue weighted by molar-refractivity contribution is -0.120. The van der Waals surface area contributed by atoms with Crippen LogP contribution in [0.2, 0.25) is 0 Å². The second kappa shape index (κ2) is 9.30. The highest BCUT2D eigenvalue weighted by Crippen LogP contribution is 2.65. The topological polar surface area (TPSA) is 63.1 Å². The maximum Gasteiger partial charge on any atom is 0.230 e. The van der Waals surface area contributed by atoms with E-state index < -0.39 is 0 Å². The second-order valence-corrected chi connectivity index (χ2v) is 12.2. The third-order valence-corrected chi connectivity index (χ3v) is 10.4. The molecule has 1 saturated heterocycles. The predicted molar refractivity (Wildman–Crippen MR) is 137 cm³/mol. The van der Waals surface area contributed by atoms with E-state index in [0.717, 1.165) is 42.1 Å². The number of amides is 1. The Hall–Kier alpha value is -1.86. The van der Waals surface area contributed by atoms with Gasteiger partial charge < -0.3 is 5.32 Å². The Morgan fingerprint density at radius 2 is 1.88 bits per heavy atom. The highest BCUT2D eigenvalue weighted by molar-refractivity contribution is 7.99. The maximum absolute atomic E-state index is 13.0. The smallest absolute Gasteiger partial charge is 0.230 e. The summed E-state index contributed by atoms with van der Waals surface area (Å²) in [5.41, 5.74) is 1.54. The fourth-order valence-corrected chi connectivity index (χ4v) is 7.49. The molecule has 5 rings (SSSR count). The third kappa shape index (κ3) is 4.09. The molecule has 2 heterocycles. The molecule has 2 bridgehead atoms. The van der Waals surface area contributed by atoms with E-state index >= 15 is 0 Å². The number of hydrogen-bond donors (Lipinski definition) is 1. The van der Waals surface area contributed by atoms with E-state index in [4.69, 9.17) is 0 Å². The molecule has 3 aliphatic rings. The molecular formula is C27H39N5OS. The van der Waals surface area contributed by atoms with Gasteiger partial charge in [0.15, 0.2) is 11.0 Å². The molecule has 4 atom stereocenters. The number of carbonyl (C=O) groups is 1. The number of benzene rings is 1. The summed E-state index contributed by atoms with van der Waals surface area (Å²) in [5, 5.41) is 13.4. The number of rotatable bonds is 7. The van der Waals surface area contributed by atoms with Gasteiger partial charge in [-0.1, -0.05) is 57.2 Å². The Morgan fingerprint density at radius 1 is 1.15 bits per heavy atom. The number of piperidine rings is 1. The first-order chi connectivity index (χ1) is 16.3. The number of hydrogen-bond acceptors (Lipinski definition) is 5. The van der Waals surface area contributed by atoms with E-state index in [1.165, 1.54) is 43.9 Å². The van der Waals surface area contributed by atoms with E-state index in [-0.39, 0.29) is 23.4 Å². The number of likely N-dealkylation sites (tertiary alicyclic amines) is 1. The van der Waals surface area contributed by atoms with Gasteiger partial charge in [0.05, 0.1) is 11.8 Å². The Bertz CT molecular complexity index is 1020. The van der Waals surface area contributed by atoms with Crippen LogP contribution in [0.3, 0.4) is 0 Å². The molecule has 1 N–H and O–H groups in total. The first-order valence-corrected chi connectivity index (χ1v) is 14.0. The summed E-state index contributed by atoms with van der Waals surface area (Å²) in [7, 11) is 0. The normalized spacial score (nSPS) is 29.3. The molecule has 0 spiro atoms. The highest BCUT2D eigenvalue weighted by Gasteiger charge is 2.61. The van der Waals surface area contributed by atoms with E-state index in [1.807, 2.05) is 18.2 Å². The number of para-hydroxylation sites is 1. The van der Waals surface area contributed by atoms with Crippen LogP contribution in [-0.4, -0.2) is 50.5 Å². The van der Waals surface area contributed by atoms with Crippen LogP contribution in [0.5, 0.6) is 0 Å². The Morgan fingerprint density at radius 3 is 2.53 bits per heavy atom. The van der Waals surface area contributed by atoms with Crippen molar-refractivity contribution in [3.05, 3.63) is 36.2 Å². The van der Waals surface area contributed by atoms with Crippen LogP contribution >= 0.6 is 11.8 Å². The summed E-state index contributed by atoms with van der Waals surface area (Å²) in [5.74, 6) is 2.14. The predicted octanol–water partition coefficient (Wildman–Crippen LogP) is 5.24.